The molecule has 2 aromatic carbocycles. The van der Waals surface area contributed by atoms with Crippen LogP contribution >= 0.6 is 0 Å². The van der Waals surface area contributed by atoms with Gasteiger partial charge in [0.1, 0.15) is 11.6 Å². The van der Waals surface area contributed by atoms with Gasteiger partial charge in [0.15, 0.2) is 0 Å². The zero-order chi connectivity index (χ0) is 24.1. The minimum atomic E-state index is -1.06. The number of carboxylic acid groups (broad SMARTS) is 1. The number of halogens is 1. The summed E-state index contributed by atoms with van der Waals surface area (Å²) in [6, 6.07) is 9.09. The maximum atomic E-state index is 14.0. The van der Waals surface area contributed by atoms with Crippen LogP contribution in [-0.4, -0.2) is 44.2 Å². The minimum Gasteiger partial charge on any atom is -0.507 e. The van der Waals surface area contributed by atoms with Crippen LogP contribution in [0.15, 0.2) is 54.1 Å². The number of ketones is 1. The number of nitrogens with zero attached hydrogens (tertiary/aromatic N) is 2. The zero-order valence-corrected chi connectivity index (χ0v) is 17.4. The quantitative estimate of drug-likeness (QED) is 0.146. The van der Waals surface area contributed by atoms with Gasteiger partial charge >= 0.3 is 5.97 Å². The average molecular weight is 456 g/mol. The third-order valence-electron chi connectivity index (χ3n) is 5.35. The van der Waals surface area contributed by atoms with E-state index >= 15 is 0 Å². The van der Waals surface area contributed by atoms with Gasteiger partial charge in [-0.2, -0.15) is 0 Å². The molecule has 0 bridgehead atoms. The van der Waals surface area contributed by atoms with E-state index in [1.165, 1.54) is 35.2 Å². The predicted octanol–water partition coefficient (Wildman–Crippen LogP) is 3.80. The Morgan fingerprint density at radius 2 is 1.76 bits per heavy atom. The Kier molecular flexibility index (Phi) is 7.17. The van der Waals surface area contributed by atoms with Crippen LogP contribution in [0.1, 0.15) is 42.9 Å². The van der Waals surface area contributed by atoms with E-state index < -0.39 is 40.2 Å². The number of non-ortho nitro benzene ring substituents is 1. The van der Waals surface area contributed by atoms with E-state index in [4.69, 9.17) is 5.11 Å². The maximum absolute atomic E-state index is 14.0. The van der Waals surface area contributed by atoms with Gasteiger partial charge in [-0.05, 0) is 42.7 Å². The number of amides is 1. The first kappa shape index (κ1) is 23.6. The lowest BCUT2D eigenvalue weighted by molar-refractivity contribution is -0.384. The van der Waals surface area contributed by atoms with Crippen molar-refractivity contribution in [3.63, 3.8) is 0 Å². The molecule has 3 rings (SSSR count). The van der Waals surface area contributed by atoms with Crippen molar-refractivity contribution < 1.29 is 33.9 Å². The first-order chi connectivity index (χ1) is 15.7. The Hall–Kier alpha value is -4.08. The molecule has 172 valence electrons. The van der Waals surface area contributed by atoms with Gasteiger partial charge in [-0.25, -0.2) is 4.39 Å². The SMILES string of the molecule is O=C(O)CCCCCN1C(=O)C(=O)C(=C(O)c2ccc([N+](=O)[O-])cc2)C1c1cccc(F)c1. The summed E-state index contributed by atoms with van der Waals surface area (Å²) in [6.07, 6.45) is 1.27. The summed E-state index contributed by atoms with van der Waals surface area (Å²) in [4.78, 5) is 47.8. The number of carboxylic acids is 1. The van der Waals surface area contributed by atoms with Gasteiger partial charge in [-0.1, -0.05) is 18.6 Å². The van der Waals surface area contributed by atoms with Crippen molar-refractivity contribution in [1.29, 1.82) is 0 Å². The fraction of sp³-hybridized carbons (Fsp3) is 0.261. The molecule has 1 amide bonds. The van der Waals surface area contributed by atoms with Gasteiger partial charge < -0.3 is 15.1 Å². The van der Waals surface area contributed by atoms with Crippen LogP contribution in [0.5, 0.6) is 0 Å². The van der Waals surface area contributed by atoms with Crippen LogP contribution in [-0.2, 0) is 14.4 Å². The number of Topliss-reactive ketones (excluding diaryl/α,β-unsaturated/α-hetero) is 1. The number of nitro groups is 1. The van der Waals surface area contributed by atoms with E-state index in [2.05, 4.69) is 0 Å². The van der Waals surface area contributed by atoms with E-state index in [0.29, 0.717) is 19.3 Å². The monoisotopic (exact) mass is 456 g/mol. The molecule has 9 nitrogen and oxygen atoms in total. The Morgan fingerprint density at radius 3 is 2.36 bits per heavy atom. The third kappa shape index (κ3) is 5.22. The number of aliphatic hydroxyl groups excluding tert-OH is 1. The Morgan fingerprint density at radius 1 is 1.06 bits per heavy atom. The molecule has 2 N–H and O–H groups in total. The van der Waals surface area contributed by atoms with Gasteiger partial charge in [-0.3, -0.25) is 24.5 Å². The highest BCUT2D eigenvalue weighted by Gasteiger charge is 2.45. The summed E-state index contributed by atoms with van der Waals surface area (Å²) < 4.78 is 14.0. The molecule has 0 radical (unpaired) electrons. The number of hydrogen-bond donors (Lipinski definition) is 2. The van der Waals surface area contributed by atoms with Crippen molar-refractivity contribution in [3.8, 4) is 0 Å². The molecule has 0 aromatic heterocycles. The Balaban J connectivity index is 1.99. The van der Waals surface area contributed by atoms with Gasteiger partial charge in [0, 0.05) is 30.7 Å². The van der Waals surface area contributed by atoms with Crippen molar-refractivity contribution in [2.24, 2.45) is 0 Å². The Bertz CT molecular complexity index is 1130. The van der Waals surface area contributed by atoms with E-state index in [-0.39, 0.29) is 35.4 Å². The van der Waals surface area contributed by atoms with Gasteiger partial charge in [0.25, 0.3) is 17.4 Å². The first-order valence-corrected chi connectivity index (χ1v) is 10.2. The summed E-state index contributed by atoms with van der Waals surface area (Å²) >= 11 is 0. The van der Waals surface area contributed by atoms with E-state index in [0.717, 1.165) is 18.2 Å². The summed E-state index contributed by atoms with van der Waals surface area (Å²) in [5, 5.41) is 30.5. The molecule has 1 aliphatic heterocycles. The molecule has 10 heteroatoms. The number of aliphatic carboxylic acids is 1. The smallest absolute Gasteiger partial charge is 0.303 e. The number of unbranched alkanes of at least 4 members (excludes halogenated alkanes) is 2. The topological polar surface area (TPSA) is 138 Å². The minimum absolute atomic E-state index is 0.0215. The molecule has 0 saturated carbocycles. The molecule has 1 saturated heterocycles. The van der Waals surface area contributed by atoms with Crippen molar-refractivity contribution in [3.05, 3.63) is 81.2 Å². The van der Waals surface area contributed by atoms with Crippen LogP contribution in [0.4, 0.5) is 10.1 Å². The van der Waals surface area contributed by atoms with Crippen LogP contribution in [0, 0.1) is 15.9 Å². The number of hydrogen-bond acceptors (Lipinski definition) is 6. The van der Waals surface area contributed by atoms with Gasteiger partial charge in [0.05, 0.1) is 16.5 Å². The highest BCUT2D eigenvalue weighted by molar-refractivity contribution is 6.46. The summed E-state index contributed by atoms with van der Waals surface area (Å²) in [5.41, 5.74) is -0.0790. The molecular formula is C23H21FN2O7. The fourth-order valence-corrected chi connectivity index (χ4v) is 3.77. The fourth-order valence-electron chi connectivity index (χ4n) is 3.77. The number of benzene rings is 2. The summed E-state index contributed by atoms with van der Waals surface area (Å²) in [6.45, 7) is 0.0996. The summed E-state index contributed by atoms with van der Waals surface area (Å²) in [7, 11) is 0. The number of carbonyl (C=O) groups excluding carboxylic acids is 2. The molecule has 33 heavy (non-hydrogen) atoms. The molecule has 1 heterocycles. The maximum Gasteiger partial charge on any atom is 0.303 e. The zero-order valence-electron chi connectivity index (χ0n) is 17.4. The van der Waals surface area contributed by atoms with Gasteiger partial charge in [-0.15, -0.1) is 0 Å². The molecule has 1 atom stereocenters. The third-order valence-corrected chi connectivity index (χ3v) is 5.35. The predicted molar refractivity (Wildman–Crippen MR) is 115 cm³/mol. The largest absolute Gasteiger partial charge is 0.507 e. The van der Waals surface area contributed by atoms with Crippen molar-refractivity contribution in [2.75, 3.05) is 6.54 Å². The highest BCUT2D eigenvalue weighted by atomic mass is 19.1. The number of rotatable bonds is 9. The molecular weight excluding hydrogens is 435 g/mol. The second-order valence-corrected chi connectivity index (χ2v) is 7.56. The average Bonchev–Trinajstić information content (AvgIpc) is 3.03. The molecule has 1 fully saturated rings. The molecule has 2 aromatic rings. The first-order valence-electron chi connectivity index (χ1n) is 10.2. The summed E-state index contributed by atoms with van der Waals surface area (Å²) in [5.74, 6) is -3.87. The highest BCUT2D eigenvalue weighted by Crippen LogP contribution is 2.39. The normalized spacial score (nSPS) is 17.4. The van der Waals surface area contributed by atoms with Crippen LogP contribution in [0.2, 0.25) is 0 Å². The lowest BCUT2D eigenvalue weighted by Gasteiger charge is -2.25. The van der Waals surface area contributed by atoms with Crippen LogP contribution in [0.25, 0.3) is 5.76 Å². The second kappa shape index (κ2) is 10.0. The molecule has 1 aliphatic rings. The van der Waals surface area contributed by atoms with E-state index in [1.54, 1.807) is 0 Å². The number of carbonyl (C=O) groups is 3. The van der Waals surface area contributed by atoms with Crippen molar-refractivity contribution >= 4 is 29.1 Å². The molecule has 0 spiro atoms. The number of nitro benzene ring substituents is 1. The molecule has 0 aliphatic carbocycles. The van der Waals surface area contributed by atoms with Crippen LogP contribution < -0.4 is 0 Å². The lowest BCUT2D eigenvalue weighted by atomic mass is 9.95. The Labute approximate surface area is 187 Å². The van der Waals surface area contributed by atoms with Gasteiger partial charge in [0.2, 0.25) is 0 Å². The lowest BCUT2D eigenvalue weighted by Crippen LogP contribution is -2.30. The van der Waals surface area contributed by atoms with E-state index in [1.807, 2.05) is 0 Å². The van der Waals surface area contributed by atoms with Crippen molar-refractivity contribution in [1.82, 2.24) is 4.90 Å². The molecule has 1 unspecified atom stereocenters. The second-order valence-electron chi connectivity index (χ2n) is 7.56. The van der Waals surface area contributed by atoms with E-state index in [9.17, 15) is 34.0 Å². The van der Waals surface area contributed by atoms with Crippen molar-refractivity contribution in [2.45, 2.75) is 31.7 Å². The van der Waals surface area contributed by atoms with Crippen LogP contribution in [0.3, 0.4) is 0 Å². The standard InChI is InChI=1S/C23H21FN2O7/c24-16-6-4-5-15(13-16)20-19(21(29)14-8-10-17(11-9-14)26(32)33)22(30)23(31)25(20)12-3-1-2-7-18(27)28/h4-6,8-11,13,20,29H,1-3,7,12H2,(H,27,28). The number of likely N-dealkylation sites (tertiary alicyclic amines) is 1. The number of aliphatic hydroxyl groups is 1.